The zero-order chi connectivity index (χ0) is 25.1. The maximum atomic E-state index is 10.2. The smallest absolute Gasteiger partial charge is 0.216 e. The van der Waals surface area contributed by atoms with E-state index in [9.17, 15) is 5.26 Å². The van der Waals surface area contributed by atoms with Gasteiger partial charge >= 0.3 is 0 Å². The van der Waals surface area contributed by atoms with Crippen LogP contribution in [0.3, 0.4) is 0 Å². The molecule has 1 aliphatic rings. The molecule has 0 bridgehead atoms. The number of para-hydroxylation sites is 1. The molecule has 0 atom stereocenters. The molecule has 0 N–H and O–H groups in total. The van der Waals surface area contributed by atoms with Crippen molar-refractivity contribution < 1.29 is 8.98 Å². The van der Waals surface area contributed by atoms with Gasteiger partial charge in [0.25, 0.3) is 0 Å². The molecule has 1 aliphatic carbocycles. The molecule has 178 valence electrons. The number of hydrogen-bond acceptors (Lipinski definition) is 2. The van der Waals surface area contributed by atoms with Gasteiger partial charge in [0.1, 0.15) is 18.2 Å². The van der Waals surface area contributed by atoms with E-state index >= 15 is 0 Å². The number of fused-ring (bicyclic) bond motifs is 4. The number of aryl methyl sites for hydroxylation is 3. The standard InChI is InChI=1S/C33H26N3O/c1-21-14-16-25-26-17-15-23(20-34)31(33(26)37-32(25)30(21)28-12-6-7-18-35(28)2)29-19-22-9-8-13-27(22)36(29)24-10-4-3-5-11-24/h3-7,10-12,14-19H,8-9,13H2,1-2H3/q+1. The van der Waals surface area contributed by atoms with Crippen LogP contribution in [-0.2, 0) is 19.9 Å². The third-order valence-electron chi connectivity index (χ3n) is 7.77. The molecule has 0 saturated carbocycles. The summed E-state index contributed by atoms with van der Waals surface area (Å²) in [5.74, 6) is 0. The third kappa shape index (κ3) is 3.17. The second-order valence-electron chi connectivity index (χ2n) is 9.94. The number of benzene rings is 3. The number of pyridine rings is 1. The molecule has 0 aliphatic heterocycles. The van der Waals surface area contributed by atoms with Crippen LogP contribution in [0.15, 0.2) is 89.5 Å². The summed E-state index contributed by atoms with van der Waals surface area (Å²) >= 11 is 0. The molecule has 37 heavy (non-hydrogen) atoms. The maximum Gasteiger partial charge on any atom is 0.216 e. The minimum absolute atomic E-state index is 0.628. The molecule has 4 nitrogen and oxygen atoms in total. The molecule has 3 heterocycles. The predicted octanol–water partition coefficient (Wildman–Crippen LogP) is 7.20. The largest absolute Gasteiger partial charge is 0.454 e. The summed E-state index contributed by atoms with van der Waals surface area (Å²) in [5.41, 5.74) is 11.3. The minimum Gasteiger partial charge on any atom is -0.454 e. The third-order valence-corrected chi connectivity index (χ3v) is 7.77. The Bertz CT molecular complexity index is 1880. The van der Waals surface area contributed by atoms with Crippen molar-refractivity contribution >= 4 is 21.9 Å². The minimum atomic E-state index is 0.628. The Labute approximate surface area is 215 Å². The summed E-state index contributed by atoms with van der Waals surface area (Å²) in [6, 6.07) is 29.7. The fourth-order valence-corrected chi connectivity index (χ4v) is 6.04. The second-order valence-corrected chi connectivity index (χ2v) is 9.94. The molecule has 0 saturated heterocycles. The van der Waals surface area contributed by atoms with Crippen LogP contribution in [0.4, 0.5) is 0 Å². The zero-order valence-electron chi connectivity index (χ0n) is 21.0. The van der Waals surface area contributed by atoms with Crippen molar-refractivity contribution in [3.63, 3.8) is 0 Å². The number of nitriles is 1. The van der Waals surface area contributed by atoms with Crippen LogP contribution in [0.1, 0.15) is 28.8 Å². The van der Waals surface area contributed by atoms with Gasteiger partial charge in [-0.15, -0.1) is 0 Å². The maximum absolute atomic E-state index is 10.2. The summed E-state index contributed by atoms with van der Waals surface area (Å²) in [6.07, 6.45) is 5.32. The summed E-state index contributed by atoms with van der Waals surface area (Å²) in [6.45, 7) is 2.13. The van der Waals surface area contributed by atoms with Gasteiger partial charge in [0.2, 0.25) is 5.69 Å². The number of furan rings is 1. The normalized spacial score (nSPS) is 12.8. The molecule has 0 spiro atoms. The molecule has 0 radical (unpaired) electrons. The van der Waals surface area contributed by atoms with Crippen molar-refractivity contribution in [1.29, 1.82) is 5.26 Å². The predicted molar refractivity (Wildman–Crippen MR) is 147 cm³/mol. The van der Waals surface area contributed by atoms with Gasteiger partial charge in [0.05, 0.1) is 28.5 Å². The molecule has 3 aromatic heterocycles. The van der Waals surface area contributed by atoms with Crippen LogP contribution in [0, 0.1) is 18.3 Å². The van der Waals surface area contributed by atoms with Crippen molar-refractivity contribution in [2.24, 2.45) is 7.05 Å². The van der Waals surface area contributed by atoms with E-state index in [1.54, 1.807) is 0 Å². The van der Waals surface area contributed by atoms with E-state index in [0.717, 1.165) is 75.0 Å². The highest BCUT2D eigenvalue weighted by atomic mass is 16.3. The highest BCUT2D eigenvalue weighted by molar-refractivity contribution is 6.13. The highest BCUT2D eigenvalue weighted by Gasteiger charge is 2.27. The van der Waals surface area contributed by atoms with Crippen LogP contribution in [0.25, 0.3) is 50.1 Å². The van der Waals surface area contributed by atoms with E-state index in [1.165, 1.54) is 11.3 Å². The number of hydrogen-bond donors (Lipinski definition) is 0. The van der Waals surface area contributed by atoms with Crippen molar-refractivity contribution in [2.75, 3.05) is 0 Å². The van der Waals surface area contributed by atoms with Gasteiger partial charge in [-0.25, -0.2) is 4.57 Å². The van der Waals surface area contributed by atoms with Gasteiger partial charge < -0.3 is 8.98 Å². The summed E-state index contributed by atoms with van der Waals surface area (Å²) in [5, 5.41) is 12.3. The fraction of sp³-hybridized carbons (Fsp3) is 0.152. The average Bonchev–Trinajstić information content (AvgIpc) is 3.62. The lowest BCUT2D eigenvalue weighted by Gasteiger charge is -2.14. The average molecular weight is 481 g/mol. The van der Waals surface area contributed by atoms with Crippen LogP contribution in [0.2, 0.25) is 0 Å². The first-order valence-corrected chi connectivity index (χ1v) is 12.8. The molecule has 7 rings (SSSR count). The van der Waals surface area contributed by atoms with E-state index < -0.39 is 0 Å². The van der Waals surface area contributed by atoms with Crippen LogP contribution in [0.5, 0.6) is 0 Å². The second kappa shape index (κ2) is 8.21. The molecule has 3 aromatic carbocycles. The first kappa shape index (κ1) is 21.6. The molecule has 4 heteroatoms. The van der Waals surface area contributed by atoms with Crippen molar-refractivity contribution in [2.45, 2.75) is 26.2 Å². The molecule has 0 unspecified atom stereocenters. The van der Waals surface area contributed by atoms with Gasteiger partial charge in [-0.3, -0.25) is 0 Å². The lowest BCUT2D eigenvalue weighted by Crippen LogP contribution is -2.30. The Morgan fingerprint density at radius 2 is 1.62 bits per heavy atom. The molecular weight excluding hydrogens is 454 g/mol. The van der Waals surface area contributed by atoms with Crippen LogP contribution >= 0.6 is 0 Å². The first-order chi connectivity index (χ1) is 18.2. The van der Waals surface area contributed by atoms with Gasteiger partial charge in [-0.1, -0.05) is 30.3 Å². The van der Waals surface area contributed by atoms with Crippen molar-refractivity contribution in [3.8, 4) is 34.3 Å². The van der Waals surface area contributed by atoms with E-state index in [2.05, 4.69) is 90.0 Å². The summed E-state index contributed by atoms with van der Waals surface area (Å²) in [4.78, 5) is 0. The monoisotopic (exact) mass is 480 g/mol. The Morgan fingerprint density at radius 1 is 0.865 bits per heavy atom. The van der Waals surface area contributed by atoms with Crippen molar-refractivity contribution in [1.82, 2.24) is 4.57 Å². The quantitative estimate of drug-likeness (QED) is 0.251. The van der Waals surface area contributed by atoms with Crippen LogP contribution < -0.4 is 4.57 Å². The molecular formula is C33H26N3O+. The Hall–Kier alpha value is -4.62. The van der Waals surface area contributed by atoms with E-state index in [1.807, 2.05) is 24.3 Å². The van der Waals surface area contributed by atoms with Gasteiger partial charge in [0, 0.05) is 34.3 Å². The van der Waals surface area contributed by atoms with Gasteiger partial charge in [0.15, 0.2) is 6.20 Å². The SMILES string of the molecule is Cc1ccc2c(oc3c(-c4cc5c(n4-c4ccccc4)CCC5)c(C#N)ccc32)c1-c1cccc[n+]1C. The van der Waals surface area contributed by atoms with Crippen molar-refractivity contribution in [3.05, 3.63) is 107 Å². The molecule has 6 aromatic rings. The lowest BCUT2D eigenvalue weighted by molar-refractivity contribution is -0.660. The van der Waals surface area contributed by atoms with Gasteiger partial charge in [-0.2, -0.15) is 5.26 Å². The Morgan fingerprint density at radius 3 is 2.41 bits per heavy atom. The number of aromatic nitrogens is 2. The Balaban J connectivity index is 1.60. The van der Waals surface area contributed by atoms with E-state index in [0.29, 0.717) is 5.56 Å². The highest BCUT2D eigenvalue weighted by Crippen LogP contribution is 2.44. The fourth-order valence-electron chi connectivity index (χ4n) is 6.04. The topological polar surface area (TPSA) is 45.7 Å². The Kier molecular flexibility index (Phi) is 4.81. The molecule has 0 amide bonds. The first-order valence-electron chi connectivity index (χ1n) is 12.8. The van der Waals surface area contributed by atoms with E-state index in [4.69, 9.17) is 4.42 Å². The summed E-state index contributed by atoms with van der Waals surface area (Å²) in [7, 11) is 2.06. The van der Waals surface area contributed by atoms with Crippen LogP contribution in [-0.4, -0.2) is 4.57 Å². The lowest BCUT2D eigenvalue weighted by atomic mass is 9.98. The molecule has 0 fully saturated rings. The number of nitrogens with zero attached hydrogens (tertiary/aromatic N) is 3. The van der Waals surface area contributed by atoms with Gasteiger partial charge in [-0.05, 0) is 73.7 Å². The van der Waals surface area contributed by atoms with E-state index in [-0.39, 0.29) is 0 Å². The summed E-state index contributed by atoms with van der Waals surface area (Å²) < 4.78 is 11.3. The zero-order valence-corrected chi connectivity index (χ0v) is 21.0. The number of rotatable bonds is 3.